The minimum atomic E-state index is 0.283. The van der Waals surface area contributed by atoms with E-state index in [4.69, 9.17) is 5.41 Å². The Morgan fingerprint density at radius 3 is 2.00 bits per heavy atom. The molecule has 0 fully saturated rings. The lowest BCUT2D eigenvalue weighted by molar-refractivity contribution is 0.398. The molecule has 0 aromatic heterocycles. The van der Waals surface area contributed by atoms with Crippen molar-refractivity contribution in [1.82, 2.24) is 0 Å². The molecule has 0 aliphatic rings. The highest BCUT2D eigenvalue weighted by Gasteiger charge is 2.09. The topological polar surface area (TPSA) is 23.9 Å². The zero-order valence-corrected chi connectivity index (χ0v) is 13.3. The normalized spacial score (nSPS) is 17.6. The molecule has 0 saturated heterocycles. The molecule has 1 nitrogen and oxygen atoms in total. The van der Waals surface area contributed by atoms with Gasteiger partial charge in [0.1, 0.15) is 0 Å². The van der Waals surface area contributed by atoms with Crippen LogP contribution in [0.3, 0.4) is 0 Å². The first-order valence-corrected chi connectivity index (χ1v) is 7.55. The first-order chi connectivity index (χ1) is 8.36. The van der Waals surface area contributed by atoms with Crippen molar-refractivity contribution in [2.45, 2.75) is 67.2 Å². The van der Waals surface area contributed by atoms with Gasteiger partial charge in [-0.3, -0.25) is 0 Å². The zero-order chi connectivity index (χ0) is 14.1. The number of rotatable bonds is 9. The van der Waals surface area contributed by atoms with Crippen LogP contribution in [0.15, 0.2) is 11.6 Å². The van der Waals surface area contributed by atoms with Crippen molar-refractivity contribution in [2.75, 3.05) is 0 Å². The largest absolute Gasteiger partial charge is 0.313 e. The molecule has 0 amide bonds. The van der Waals surface area contributed by atoms with Gasteiger partial charge < -0.3 is 5.41 Å². The Morgan fingerprint density at radius 1 is 0.944 bits per heavy atom. The van der Waals surface area contributed by atoms with Gasteiger partial charge in [0, 0.05) is 12.1 Å². The second kappa shape index (κ2) is 9.35. The fourth-order valence-electron chi connectivity index (χ4n) is 2.15. The van der Waals surface area contributed by atoms with E-state index in [0.29, 0.717) is 5.92 Å². The third-order valence-corrected chi connectivity index (χ3v) is 3.90. The molecule has 1 N–H and O–H groups in total. The lowest BCUT2D eigenvalue weighted by Gasteiger charge is -2.17. The Kier molecular flexibility index (Phi) is 9.05. The summed E-state index contributed by atoms with van der Waals surface area (Å²) in [5, 5.41) is 7.24. The maximum Gasteiger partial charge on any atom is 0.00891 e. The highest BCUT2D eigenvalue weighted by molar-refractivity contribution is 5.59. The van der Waals surface area contributed by atoms with Crippen molar-refractivity contribution in [3.8, 4) is 0 Å². The molecule has 106 valence electrons. The van der Waals surface area contributed by atoms with Gasteiger partial charge in [0.05, 0.1) is 0 Å². The molecule has 0 saturated carbocycles. The average Bonchev–Trinajstić information content (AvgIpc) is 2.32. The maximum atomic E-state index is 7.24. The first-order valence-electron chi connectivity index (χ1n) is 7.55. The second-order valence-electron chi connectivity index (χ2n) is 6.49. The van der Waals surface area contributed by atoms with Crippen LogP contribution in [0.4, 0.5) is 0 Å². The molecule has 0 aliphatic carbocycles. The van der Waals surface area contributed by atoms with E-state index in [1.165, 1.54) is 37.5 Å². The molecule has 0 radical (unpaired) electrons. The Bertz CT molecular complexity index is 252. The number of hydrogen-bond acceptors (Lipinski definition) is 1. The Balaban J connectivity index is 3.98. The fraction of sp³-hybridized carbons (Fsp3) is 0.824. The van der Waals surface area contributed by atoms with E-state index >= 15 is 0 Å². The average molecular weight is 251 g/mol. The lowest BCUT2D eigenvalue weighted by Crippen LogP contribution is -2.04. The predicted molar refractivity (Wildman–Crippen MR) is 83.3 cm³/mol. The van der Waals surface area contributed by atoms with E-state index in [0.717, 1.165) is 11.8 Å². The molecule has 0 aliphatic heterocycles. The van der Waals surface area contributed by atoms with Gasteiger partial charge >= 0.3 is 0 Å². The number of allylic oxidation sites excluding steroid dienone is 2. The van der Waals surface area contributed by atoms with E-state index in [-0.39, 0.29) is 5.92 Å². The Labute approximate surface area is 115 Å². The molecule has 0 bridgehead atoms. The molecule has 1 heteroatoms. The third-order valence-electron chi connectivity index (χ3n) is 3.90. The van der Waals surface area contributed by atoms with Gasteiger partial charge in [-0.2, -0.15) is 0 Å². The van der Waals surface area contributed by atoms with E-state index in [9.17, 15) is 0 Å². The van der Waals surface area contributed by atoms with Gasteiger partial charge in [-0.1, -0.05) is 65.5 Å². The predicted octanol–water partition coefficient (Wildman–Crippen LogP) is 5.71. The first kappa shape index (κ1) is 17.4. The summed E-state index contributed by atoms with van der Waals surface area (Å²) >= 11 is 0. The van der Waals surface area contributed by atoms with Crippen LogP contribution in [0.5, 0.6) is 0 Å². The van der Waals surface area contributed by atoms with Crippen molar-refractivity contribution in [1.29, 1.82) is 5.41 Å². The van der Waals surface area contributed by atoms with Gasteiger partial charge in [0.2, 0.25) is 0 Å². The summed E-state index contributed by atoms with van der Waals surface area (Å²) in [5.41, 5.74) is 1.45. The van der Waals surface area contributed by atoms with Crippen LogP contribution in [-0.4, -0.2) is 6.21 Å². The third kappa shape index (κ3) is 8.49. The summed E-state index contributed by atoms with van der Waals surface area (Å²) in [6.07, 6.45) is 9.08. The zero-order valence-electron chi connectivity index (χ0n) is 13.3. The summed E-state index contributed by atoms with van der Waals surface area (Å²) in [6.45, 7) is 13.6. The van der Waals surface area contributed by atoms with Crippen molar-refractivity contribution in [3.63, 3.8) is 0 Å². The van der Waals surface area contributed by atoms with Gasteiger partial charge in [-0.25, -0.2) is 0 Å². The van der Waals surface area contributed by atoms with E-state index in [1.807, 2.05) is 0 Å². The molecule has 0 aromatic carbocycles. The highest BCUT2D eigenvalue weighted by atomic mass is 14.3. The van der Waals surface area contributed by atoms with Gasteiger partial charge in [0.25, 0.3) is 0 Å². The summed E-state index contributed by atoms with van der Waals surface area (Å²) in [4.78, 5) is 0. The molecule has 0 aromatic rings. The monoisotopic (exact) mass is 251 g/mol. The molecule has 18 heavy (non-hydrogen) atoms. The molecular weight excluding hydrogens is 218 g/mol. The van der Waals surface area contributed by atoms with Crippen LogP contribution < -0.4 is 0 Å². The van der Waals surface area contributed by atoms with Crippen LogP contribution in [-0.2, 0) is 0 Å². The summed E-state index contributed by atoms with van der Waals surface area (Å²) in [6, 6.07) is 0. The van der Waals surface area contributed by atoms with Crippen molar-refractivity contribution in [3.05, 3.63) is 11.6 Å². The standard InChI is InChI=1S/C17H33N/c1-13(2)7-8-14(3)9-10-16(5)17(6)11-15(4)12-18/h11-16,18H,7-10H2,1-6H3/b17-11+,18-12?. The number of hydrogen-bond donors (Lipinski definition) is 1. The number of nitrogens with one attached hydrogen (secondary N) is 1. The Hall–Kier alpha value is -0.590. The lowest BCUT2D eigenvalue weighted by atomic mass is 9.89. The summed E-state index contributed by atoms with van der Waals surface area (Å²) in [7, 11) is 0. The second-order valence-corrected chi connectivity index (χ2v) is 6.49. The van der Waals surface area contributed by atoms with Crippen LogP contribution >= 0.6 is 0 Å². The smallest absolute Gasteiger partial charge is 0.00891 e. The van der Waals surface area contributed by atoms with Crippen molar-refractivity contribution < 1.29 is 0 Å². The van der Waals surface area contributed by atoms with Crippen LogP contribution in [0.2, 0.25) is 0 Å². The summed E-state index contributed by atoms with van der Waals surface area (Å²) in [5.74, 6) is 2.63. The Morgan fingerprint density at radius 2 is 1.50 bits per heavy atom. The molecule has 0 heterocycles. The van der Waals surface area contributed by atoms with Crippen molar-refractivity contribution >= 4 is 6.21 Å². The summed E-state index contributed by atoms with van der Waals surface area (Å²) < 4.78 is 0. The van der Waals surface area contributed by atoms with Gasteiger partial charge in [-0.05, 0) is 31.1 Å². The van der Waals surface area contributed by atoms with E-state index in [2.05, 4.69) is 47.6 Å². The molecular formula is C17H33N. The minimum absolute atomic E-state index is 0.283. The van der Waals surface area contributed by atoms with E-state index in [1.54, 1.807) is 0 Å². The minimum Gasteiger partial charge on any atom is -0.313 e. The van der Waals surface area contributed by atoms with Crippen LogP contribution in [0, 0.1) is 29.1 Å². The quantitative estimate of drug-likeness (QED) is 0.401. The highest BCUT2D eigenvalue weighted by Crippen LogP contribution is 2.23. The molecule has 3 atom stereocenters. The van der Waals surface area contributed by atoms with E-state index < -0.39 is 0 Å². The molecule has 3 unspecified atom stereocenters. The fourth-order valence-corrected chi connectivity index (χ4v) is 2.15. The van der Waals surface area contributed by atoms with Gasteiger partial charge in [-0.15, -0.1) is 0 Å². The van der Waals surface area contributed by atoms with Crippen LogP contribution in [0.25, 0.3) is 0 Å². The van der Waals surface area contributed by atoms with Gasteiger partial charge in [0.15, 0.2) is 0 Å². The van der Waals surface area contributed by atoms with Crippen molar-refractivity contribution in [2.24, 2.45) is 23.7 Å². The van der Waals surface area contributed by atoms with Crippen LogP contribution in [0.1, 0.15) is 67.2 Å². The maximum absolute atomic E-state index is 7.24. The SMILES string of the molecule is C/C(=C\C(C)C=N)C(C)CCC(C)CCC(C)C. The molecule has 0 rings (SSSR count). The molecule has 0 spiro atoms.